The highest BCUT2D eigenvalue weighted by Crippen LogP contribution is 2.21. The molecule has 0 bridgehead atoms. The lowest BCUT2D eigenvalue weighted by atomic mass is 9.99. The van der Waals surface area contributed by atoms with E-state index in [2.05, 4.69) is 16.5 Å². The van der Waals surface area contributed by atoms with Crippen molar-refractivity contribution in [3.8, 4) is 0 Å². The molecule has 0 aromatic carbocycles. The highest BCUT2D eigenvalue weighted by molar-refractivity contribution is 5.54. The maximum absolute atomic E-state index is 10.4. The zero-order valence-corrected chi connectivity index (χ0v) is 7.86. The largest absolute Gasteiger partial charge is 0.334 e. The Morgan fingerprint density at radius 1 is 1.77 bits per heavy atom. The minimum Gasteiger partial charge on any atom is -0.334 e. The van der Waals surface area contributed by atoms with Crippen LogP contribution in [0.15, 0.2) is 6.33 Å². The summed E-state index contributed by atoms with van der Waals surface area (Å²) in [5, 5.41) is 0. The Labute approximate surface area is 77.8 Å². The van der Waals surface area contributed by atoms with Gasteiger partial charge in [-0.2, -0.15) is 0 Å². The molecule has 2 rings (SSSR count). The van der Waals surface area contributed by atoms with E-state index in [-0.39, 0.29) is 0 Å². The van der Waals surface area contributed by atoms with Crippen molar-refractivity contribution in [1.82, 2.24) is 9.55 Å². The van der Waals surface area contributed by atoms with Gasteiger partial charge in [0.25, 0.3) is 0 Å². The Balaban J connectivity index is 2.27. The molecule has 13 heavy (non-hydrogen) atoms. The molecule has 1 unspecified atom stereocenters. The van der Waals surface area contributed by atoms with E-state index in [1.165, 1.54) is 12.1 Å². The van der Waals surface area contributed by atoms with Crippen molar-refractivity contribution in [3.63, 3.8) is 0 Å². The molecule has 1 aromatic rings. The third-order valence-corrected chi connectivity index (χ3v) is 2.69. The fraction of sp³-hybridized carbons (Fsp3) is 0.600. The van der Waals surface area contributed by atoms with Gasteiger partial charge in [0, 0.05) is 18.7 Å². The first-order chi connectivity index (χ1) is 6.31. The van der Waals surface area contributed by atoms with Crippen molar-refractivity contribution < 1.29 is 4.79 Å². The Hall–Kier alpha value is -1.12. The molecule has 0 aliphatic carbocycles. The second-order valence-corrected chi connectivity index (χ2v) is 3.80. The van der Waals surface area contributed by atoms with Crippen molar-refractivity contribution in [2.24, 2.45) is 5.92 Å². The minimum absolute atomic E-state index is 0.469. The average molecular weight is 178 g/mol. The van der Waals surface area contributed by atoms with E-state index in [1.54, 1.807) is 0 Å². The quantitative estimate of drug-likeness (QED) is 0.638. The number of carbonyl (C=O) groups excluding carboxylic acids is 1. The van der Waals surface area contributed by atoms with Gasteiger partial charge in [0.1, 0.15) is 6.29 Å². The summed E-state index contributed by atoms with van der Waals surface area (Å²) in [6.07, 6.45) is 5.56. The first-order valence-corrected chi connectivity index (χ1v) is 4.77. The van der Waals surface area contributed by atoms with Gasteiger partial charge in [0.05, 0.1) is 12.0 Å². The van der Waals surface area contributed by atoms with Crippen molar-refractivity contribution in [2.75, 3.05) is 0 Å². The minimum atomic E-state index is 0.469. The molecule has 0 saturated carbocycles. The molecule has 0 amide bonds. The van der Waals surface area contributed by atoms with E-state index in [1.807, 2.05) is 6.33 Å². The maximum Gasteiger partial charge on any atom is 0.126 e. The van der Waals surface area contributed by atoms with Gasteiger partial charge in [-0.3, -0.25) is 0 Å². The van der Waals surface area contributed by atoms with Gasteiger partial charge in [-0.1, -0.05) is 6.92 Å². The number of hydrogen-bond acceptors (Lipinski definition) is 2. The summed E-state index contributed by atoms with van der Waals surface area (Å²) in [5.74, 6) is 0.741. The number of aromatic nitrogens is 2. The Bertz CT molecular complexity index is 317. The third kappa shape index (κ3) is 1.50. The standard InChI is InChI=1S/C10H14N2O/c1-8-2-3-10-9(4-5-13)11-7-12(10)6-8/h5,7-8H,2-4,6H2,1H3. The molecule has 0 radical (unpaired) electrons. The van der Waals surface area contributed by atoms with Gasteiger partial charge >= 0.3 is 0 Å². The number of fused-ring (bicyclic) bond motifs is 1. The van der Waals surface area contributed by atoms with Crippen molar-refractivity contribution >= 4 is 6.29 Å². The lowest BCUT2D eigenvalue weighted by Gasteiger charge is -2.20. The molecule has 70 valence electrons. The monoisotopic (exact) mass is 178 g/mol. The molecule has 0 N–H and O–H groups in total. The summed E-state index contributed by atoms with van der Waals surface area (Å²) < 4.78 is 2.19. The maximum atomic E-state index is 10.4. The van der Waals surface area contributed by atoms with Gasteiger partial charge < -0.3 is 9.36 Å². The third-order valence-electron chi connectivity index (χ3n) is 2.69. The van der Waals surface area contributed by atoms with Crippen LogP contribution in [0.25, 0.3) is 0 Å². The van der Waals surface area contributed by atoms with Gasteiger partial charge in [0.15, 0.2) is 0 Å². The first-order valence-electron chi connectivity index (χ1n) is 4.77. The predicted molar refractivity (Wildman–Crippen MR) is 49.5 cm³/mol. The van der Waals surface area contributed by atoms with Crippen molar-refractivity contribution in [3.05, 3.63) is 17.7 Å². The lowest BCUT2D eigenvalue weighted by molar-refractivity contribution is -0.107. The molecule has 0 fully saturated rings. The summed E-state index contributed by atoms with van der Waals surface area (Å²) in [7, 11) is 0. The van der Waals surface area contributed by atoms with Crippen molar-refractivity contribution in [2.45, 2.75) is 32.7 Å². The molecule has 0 saturated heterocycles. The van der Waals surface area contributed by atoms with Crippen LogP contribution in [0.5, 0.6) is 0 Å². The normalized spacial score (nSPS) is 21.2. The Morgan fingerprint density at radius 3 is 3.38 bits per heavy atom. The van der Waals surface area contributed by atoms with Crippen LogP contribution in [0.4, 0.5) is 0 Å². The smallest absolute Gasteiger partial charge is 0.126 e. The topological polar surface area (TPSA) is 34.9 Å². The molecule has 3 heteroatoms. The summed E-state index contributed by atoms with van der Waals surface area (Å²) in [6, 6.07) is 0. The zero-order valence-electron chi connectivity index (χ0n) is 7.86. The number of aldehydes is 1. The molecule has 1 aromatic heterocycles. The lowest BCUT2D eigenvalue weighted by Crippen LogP contribution is -2.17. The predicted octanol–water partition coefficient (Wildman–Crippen LogP) is 1.21. The number of rotatable bonds is 2. The van der Waals surface area contributed by atoms with Crippen LogP contribution in [-0.2, 0) is 24.2 Å². The molecule has 1 aliphatic heterocycles. The van der Waals surface area contributed by atoms with Crippen LogP contribution < -0.4 is 0 Å². The Morgan fingerprint density at radius 2 is 2.62 bits per heavy atom. The van der Waals surface area contributed by atoms with Crippen LogP contribution in [0.2, 0.25) is 0 Å². The summed E-state index contributed by atoms with van der Waals surface area (Å²) >= 11 is 0. The second-order valence-electron chi connectivity index (χ2n) is 3.80. The van der Waals surface area contributed by atoms with Crippen LogP contribution in [0.3, 0.4) is 0 Å². The summed E-state index contributed by atoms with van der Waals surface area (Å²) in [4.78, 5) is 14.6. The van der Waals surface area contributed by atoms with Gasteiger partial charge in [-0.25, -0.2) is 4.98 Å². The van der Waals surface area contributed by atoms with E-state index in [9.17, 15) is 4.79 Å². The summed E-state index contributed by atoms with van der Waals surface area (Å²) in [5.41, 5.74) is 2.24. The molecule has 1 atom stereocenters. The van der Waals surface area contributed by atoms with Gasteiger partial charge in [-0.05, 0) is 18.8 Å². The fourth-order valence-corrected chi connectivity index (χ4v) is 1.95. The van der Waals surface area contributed by atoms with Crippen LogP contribution >= 0.6 is 0 Å². The van der Waals surface area contributed by atoms with Gasteiger partial charge in [-0.15, -0.1) is 0 Å². The number of imidazole rings is 1. The molecule has 0 spiro atoms. The van der Waals surface area contributed by atoms with E-state index in [0.29, 0.717) is 6.42 Å². The molecular formula is C10H14N2O. The van der Waals surface area contributed by atoms with E-state index in [0.717, 1.165) is 30.9 Å². The molecular weight excluding hydrogens is 164 g/mol. The SMILES string of the molecule is CC1CCc2c(CC=O)ncn2C1. The van der Waals surface area contributed by atoms with E-state index < -0.39 is 0 Å². The number of hydrogen-bond donors (Lipinski definition) is 0. The molecule has 3 nitrogen and oxygen atoms in total. The highest BCUT2D eigenvalue weighted by Gasteiger charge is 2.18. The highest BCUT2D eigenvalue weighted by atomic mass is 16.1. The van der Waals surface area contributed by atoms with Gasteiger partial charge in [0.2, 0.25) is 0 Å². The molecule has 2 heterocycles. The second kappa shape index (κ2) is 3.32. The number of carbonyl (C=O) groups is 1. The molecule has 1 aliphatic rings. The first kappa shape index (κ1) is 8.48. The average Bonchev–Trinajstić information content (AvgIpc) is 2.49. The zero-order chi connectivity index (χ0) is 9.26. The van der Waals surface area contributed by atoms with Crippen LogP contribution in [0, 0.1) is 5.92 Å². The Kier molecular flexibility index (Phi) is 2.17. The summed E-state index contributed by atoms with van der Waals surface area (Å²) in [6.45, 7) is 3.31. The van der Waals surface area contributed by atoms with Crippen LogP contribution in [-0.4, -0.2) is 15.8 Å². The number of nitrogens with zero attached hydrogens (tertiary/aromatic N) is 2. The van der Waals surface area contributed by atoms with E-state index in [4.69, 9.17) is 0 Å². The fourth-order valence-electron chi connectivity index (χ4n) is 1.95. The van der Waals surface area contributed by atoms with Crippen LogP contribution in [0.1, 0.15) is 24.7 Å². The van der Waals surface area contributed by atoms with Crippen molar-refractivity contribution in [1.29, 1.82) is 0 Å². The van der Waals surface area contributed by atoms with E-state index >= 15 is 0 Å².